The second-order valence-electron chi connectivity index (χ2n) is 1.65. The fourth-order valence-electron chi connectivity index (χ4n) is 0.431. The Labute approximate surface area is 61.3 Å². The highest BCUT2D eigenvalue weighted by Crippen LogP contribution is 2.10. The highest BCUT2D eigenvalue weighted by Gasteiger charge is 1.92. The number of allylic oxidation sites excluding steroid dienone is 1. The number of hydrogen-bond acceptors (Lipinski definition) is 1. The van der Waals surface area contributed by atoms with E-state index >= 15 is 0 Å². The van der Waals surface area contributed by atoms with Crippen molar-refractivity contribution in [1.29, 1.82) is 0 Å². The van der Waals surface area contributed by atoms with Crippen LogP contribution in [0.4, 0.5) is 0 Å². The number of rotatable bonds is 4. The molecule has 1 atom stereocenters. The van der Waals surface area contributed by atoms with Gasteiger partial charge in [-0.15, -0.1) is 18.2 Å². The van der Waals surface area contributed by atoms with Gasteiger partial charge in [-0.1, -0.05) is 6.08 Å². The maximum Gasteiger partial charge on any atom is 0.0759 e. The molecular formula is C6H11ClS. The zero-order chi connectivity index (χ0) is 6.41. The van der Waals surface area contributed by atoms with E-state index in [9.17, 15) is 0 Å². The number of hydrogen-bond donors (Lipinski definition) is 1. The molecule has 0 aromatic rings. The molecule has 0 spiro atoms. The Bertz CT molecular complexity index is 61.5. The summed E-state index contributed by atoms with van der Waals surface area (Å²) < 4.78 is 0.0231. The summed E-state index contributed by atoms with van der Waals surface area (Å²) in [7, 11) is 0. The van der Waals surface area contributed by atoms with Crippen LogP contribution >= 0.6 is 24.2 Å². The maximum atomic E-state index is 5.54. The van der Waals surface area contributed by atoms with E-state index < -0.39 is 0 Å². The minimum Gasteiger partial charge on any atom is -0.160 e. The van der Waals surface area contributed by atoms with Gasteiger partial charge in [0.15, 0.2) is 0 Å². The van der Waals surface area contributed by atoms with Crippen molar-refractivity contribution in [1.82, 2.24) is 0 Å². The zero-order valence-electron chi connectivity index (χ0n) is 4.81. The van der Waals surface area contributed by atoms with Crippen molar-refractivity contribution in [2.24, 2.45) is 0 Å². The van der Waals surface area contributed by atoms with Gasteiger partial charge >= 0.3 is 0 Å². The summed E-state index contributed by atoms with van der Waals surface area (Å²) in [6, 6.07) is 0. The third-order valence-electron chi connectivity index (χ3n) is 0.851. The first-order valence-corrected chi connectivity index (χ1v) is 3.65. The summed E-state index contributed by atoms with van der Waals surface area (Å²) in [4.78, 5) is 0. The topological polar surface area (TPSA) is 0 Å². The van der Waals surface area contributed by atoms with Gasteiger partial charge in [0.1, 0.15) is 0 Å². The summed E-state index contributed by atoms with van der Waals surface area (Å²) >= 11 is 9.55. The van der Waals surface area contributed by atoms with E-state index in [1.54, 1.807) is 0 Å². The minimum atomic E-state index is 0.0231. The molecule has 8 heavy (non-hydrogen) atoms. The molecule has 0 rings (SSSR count). The van der Waals surface area contributed by atoms with Crippen molar-refractivity contribution in [3.05, 3.63) is 12.7 Å². The molecule has 0 saturated heterocycles. The summed E-state index contributed by atoms with van der Waals surface area (Å²) in [5, 5.41) is 0. The van der Waals surface area contributed by atoms with Gasteiger partial charge in [-0.2, -0.15) is 12.6 Å². The molecule has 0 aliphatic carbocycles. The lowest BCUT2D eigenvalue weighted by Gasteiger charge is -1.96. The first-order chi connectivity index (χ1) is 3.77. The van der Waals surface area contributed by atoms with Crippen LogP contribution in [-0.4, -0.2) is 4.71 Å². The van der Waals surface area contributed by atoms with Crippen LogP contribution in [0.5, 0.6) is 0 Å². The van der Waals surface area contributed by atoms with Crippen molar-refractivity contribution < 1.29 is 0 Å². The quantitative estimate of drug-likeness (QED) is 0.271. The predicted molar refractivity (Wildman–Crippen MR) is 42.7 cm³/mol. The molecule has 0 radical (unpaired) electrons. The van der Waals surface area contributed by atoms with Crippen molar-refractivity contribution in [2.75, 3.05) is 0 Å². The molecule has 0 aliphatic heterocycles. The van der Waals surface area contributed by atoms with Gasteiger partial charge < -0.3 is 0 Å². The lowest BCUT2D eigenvalue weighted by atomic mass is 10.2. The lowest BCUT2D eigenvalue weighted by molar-refractivity contribution is 0.803. The van der Waals surface area contributed by atoms with Crippen molar-refractivity contribution >= 4 is 24.2 Å². The largest absolute Gasteiger partial charge is 0.160 e. The van der Waals surface area contributed by atoms with E-state index in [0.717, 1.165) is 19.3 Å². The van der Waals surface area contributed by atoms with E-state index in [2.05, 4.69) is 19.2 Å². The summed E-state index contributed by atoms with van der Waals surface area (Å²) in [5.74, 6) is 0. The minimum absolute atomic E-state index is 0.0231. The molecule has 48 valence electrons. The summed E-state index contributed by atoms with van der Waals surface area (Å²) in [6.07, 6.45) is 5.01. The Morgan fingerprint density at radius 3 is 2.75 bits per heavy atom. The summed E-state index contributed by atoms with van der Waals surface area (Å²) in [6.45, 7) is 3.59. The first kappa shape index (κ1) is 8.38. The number of halogens is 1. The van der Waals surface area contributed by atoms with Crippen LogP contribution in [0.3, 0.4) is 0 Å². The van der Waals surface area contributed by atoms with E-state index in [0.29, 0.717) is 0 Å². The van der Waals surface area contributed by atoms with Crippen LogP contribution in [0.1, 0.15) is 19.3 Å². The van der Waals surface area contributed by atoms with Crippen molar-refractivity contribution in [2.45, 2.75) is 24.0 Å². The van der Waals surface area contributed by atoms with Gasteiger partial charge in [0.2, 0.25) is 0 Å². The Kier molecular flexibility index (Phi) is 5.78. The molecule has 0 fully saturated rings. The highest BCUT2D eigenvalue weighted by molar-refractivity contribution is 7.82. The van der Waals surface area contributed by atoms with Gasteiger partial charge in [-0.3, -0.25) is 0 Å². The van der Waals surface area contributed by atoms with Crippen LogP contribution < -0.4 is 0 Å². The Morgan fingerprint density at radius 1 is 1.75 bits per heavy atom. The number of alkyl halides is 1. The van der Waals surface area contributed by atoms with Crippen LogP contribution in [0, 0.1) is 0 Å². The molecule has 0 saturated carbocycles. The molecule has 1 unspecified atom stereocenters. The van der Waals surface area contributed by atoms with Gasteiger partial charge in [-0.05, 0) is 19.3 Å². The predicted octanol–water partition coefficient (Wildman–Crippen LogP) is 2.84. The lowest BCUT2D eigenvalue weighted by Crippen LogP contribution is -1.84. The molecule has 0 bridgehead atoms. The molecule has 0 aromatic carbocycles. The van der Waals surface area contributed by atoms with Crippen molar-refractivity contribution in [3.63, 3.8) is 0 Å². The summed E-state index contributed by atoms with van der Waals surface area (Å²) in [5.41, 5.74) is 0. The van der Waals surface area contributed by atoms with E-state index in [1.165, 1.54) is 0 Å². The SMILES string of the molecule is C=CCCCC(S)Cl. The molecule has 0 heterocycles. The third kappa shape index (κ3) is 6.38. The maximum absolute atomic E-state index is 5.54. The van der Waals surface area contributed by atoms with Gasteiger partial charge in [0.25, 0.3) is 0 Å². The average Bonchev–Trinajstić information content (AvgIpc) is 1.66. The van der Waals surface area contributed by atoms with Crippen LogP contribution in [-0.2, 0) is 0 Å². The average molecular weight is 151 g/mol. The monoisotopic (exact) mass is 150 g/mol. The van der Waals surface area contributed by atoms with E-state index in [-0.39, 0.29) is 4.71 Å². The Balaban J connectivity index is 2.81. The second-order valence-corrected chi connectivity index (χ2v) is 3.11. The first-order valence-electron chi connectivity index (χ1n) is 2.70. The Morgan fingerprint density at radius 2 is 2.38 bits per heavy atom. The van der Waals surface area contributed by atoms with Gasteiger partial charge in [-0.25, -0.2) is 0 Å². The highest BCUT2D eigenvalue weighted by atomic mass is 35.5. The van der Waals surface area contributed by atoms with E-state index in [1.807, 2.05) is 6.08 Å². The Hall–Kier alpha value is 0.380. The van der Waals surface area contributed by atoms with Gasteiger partial charge in [0, 0.05) is 0 Å². The molecule has 2 heteroatoms. The van der Waals surface area contributed by atoms with Crippen LogP contribution in [0.15, 0.2) is 12.7 Å². The smallest absolute Gasteiger partial charge is 0.0759 e. The van der Waals surface area contributed by atoms with Crippen LogP contribution in [0.2, 0.25) is 0 Å². The molecule has 0 aromatic heterocycles. The zero-order valence-corrected chi connectivity index (χ0v) is 6.46. The standard InChI is InChI=1S/C6H11ClS/c1-2-3-4-5-6(7)8/h2,6,8H,1,3-5H2. The fraction of sp³-hybridized carbons (Fsp3) is 0.667. The molecular weight excluding hydrogens is 140 g/mol. The number of thiol groups is 1. The second kappa shape index (κ2) is 5.52. The normalized spacial score (nSPS) is 13.2. The molecule has 0 amide bonds. The molecule has 0 aliphatic rings. The third-order valence-corrected chi connectivity index (χ3v) is 1.33. The van der Waals surface area contributed by atoms with Crippen LogP contribution in [0.25, 0.3) is 0 Å². The molecule has 0 N–H and O–H groups in total. The van der Waals surface area contributed by atoms with Crippen molar-refractivity contribution in [3.8, 4) is 0 Å². The molecule has 0 nitrogen and oxygen atoms in total. The fourth-order valence-corrected chi connectivity index (χ4v) is 0.768. The number of unbranched alkanes of at least 4 members (excludes halogenated alkanes) is 1. The van der Waals surface area contributed by atoms with E-state index in [4.69, 9.17) is 11.6 Å². The van der Waals surface area contributed by atoms with Gasteiger partial charge in [0.05, 0.1) is 4.71 Å².